The van der Waals surface area contributed by atoms with Crippen LogP contribution in [0.2, 0.25) is 0 Å². The predicted octanol–water partition coefficient (Wildman–Crippen LogP) is 14.8. The molecule has 4 aromatic heterocycles. The molecule has 0 atom stereocenters. The summed E-state index contributed by atoms with van der Waals surface area (Å²) in [4.78, 5) is 7.41. The van der Waals surface area contributed by atoms with Crippen LogP contribution in [0.15, 0.2) is 183 Å². The average Bonchev–Trinajstić information content (AvgIpc) is 4.02. The zero-order valence-corrected chi connectivity index (χ0v) is 30.0. The molecule has 0 saturated heterocycles. The SMILES string of the molecule is c1ccc(-c2nc3c(-c4ccc(N(c5ccc6c(c5)sc5ccccc56)c5ccc6oc7ccccc7c6c5)cc4)c4oc5ccccc5c4cc3o2)cc1. The Morgan fingerprint density at radius 1 is 0.400 bits per heavy atom. The van der Waals surface area contributed by atoms with Gasteiger partial charge in [-0.25, -0.2) is 4.98 Å². The highest BCUT2D eigenvalue weighted by Crippen LogP contribution is 2.45. The number of nitrogens with zero attached hydrogens (tertiary/aromatic N) is 2. The summed E-state index contributed by atoms with van der Waals surface area (Å²) in [5.74, 6) is 0.579. The summed E-state index contributed by atoms with van der Waals surface area (Å²) in [6.07, 6.45) is 0. The summed E-state index contributed by atoms with van der Waals surface area (Å²) < 4.78 is 21.8. The molecule has 0 fully saturated rings. The maximum Gasteiger partial charge on any atom is 0.227 e. The Labute approximate surface area is 317 Å². The van der Waals surface area contributed by atoms with Gasteiger partial charge in [0.25, 0.3) is 0 Å². The van der Waals surface area contributed by atoms with Crippen LogP contribution in [0.5, 0.6) is 0 Å². The second kappa shape index (κ2) is 11.7. The number of furan rings is 2. The molecule has 12 aromatic rings. The van der Waals surface area contributed by atoms with Gasteiger partial charge in [0.15, 0.2) is 5.58 Å². The molecule has 0 aliphatic rings. The van der Waals surface area contributed by atoms with Gasteiger partial charge in [-0.2, -0.15) is 0 Å². The molecule has 6 heteroatoms. The molecule has 0 unspecified atom stereocenters. The fraction of sp³-hybridized carbons (Fsp3) is 0. The highest BCUT2D eigenvalue weighted by Gasteiger charge is 2.23. The standard InChI is InChI=1S/C49H28N2O3S/c1-2-10-30(11-3-1)49-50-47-43(54-49)28-39-35-13-5-8-16-41(35)53-48(39)46(47)29-18-20-31(21-19-29)51(32-23-25-42-38(26-32)34-12-4-7-15-40(34)52-42)33-22-24-37-36-14-6-9-17-44(36)55-45(37)27-33/h1-28H. The van der Waals surface area contributed by atoms with Crippen molar-refractivity contribution in [3.05, 3.63) is 170 Å². The van der Waals surface area contributed by atoms with Gasteiger partial charge in [-0.1, -0.05) is 91.0 Å². The van der Waals surface area contributed by atoms with E-state index in [1.54, 1.807) is 0 Å². The molecule has 0 N–H and O–H groups in total. The Bertz CT molecular complexity index is 3440. The molecule has 5 nitrogen and oxygen atoms in total. The van der Waals surface area contributed by atoms with E-state index in [2.05, 4.69) is 114 Å². The van der Waals surface area contributed by atoms with Gasteiger partial charge < -0.3 is 18.2 Å². The molecule has 0 bridgehead atoms. The van der Waals surface area contributed by atoms with Crippen LogP contribution in [0.4, 0.5) is 17.1 Å². The minimum Gasteiger partial charge on any atom is -0.456 e. The number of rotatable bonds is 5. The zero-order valence-electron chi connectivity index (χ0n) is 29.2. The lowest BCUT2D eigenvalue weighted by atomic mass is 10.00. The van der Waals surface area contributed by atoms with Gasteiger partial charge in [-0.15, -0.1) is 11.3 Å². The second-order valence-corrected chi connectivity index (χ2v) is 15.0. The van der Waals surface area contributed by atoms with E-state index in [0.29, 0.717) is 5.89 Å². The third-order valence-electron chi connectivity index (χ3n) is 10.7. The number of anilines is 3. The van der Waals surface area contributed by atoms with Crippen molar-refractivity contribution in [2.24, 2.45) is 0 Å². The molecule has 55 heavy (non-hydrogen) atoms. The number of oxazole rings is 1. The van der Waals surface area contributed by atoms with Crippen LogP contribution in [-0.2, 0) is 0 Å². The van der Waals surface area contributed by atoms with E-state index in [9.17, 15) is 0 Å². The number of benzene rings is 8. The summed E-state index contributed by atoms with van der Waals surface area (Å²) in [5, 5.41) is 6.76. The topological polar surface area (TPSA) is 55.6 Å². The van der Waals surface area contributed by atoms with Crippen molar-refractivity contribution in [1.29, 1.82) is 0 Å². The summed E-state index contributed by atoms with van der Waals surface area (Å²) in [7, 11) is 0. The Kier molecular flexibility index (Phi) is 6.44. The first-order chi connectivity index (χ1) is 27.2. The van der Waals surface area contributed by atoms with Crippen molar-refractivity contribution in [3.8, 4) is 22.6 Å². The molecule has 0 amide bonds. The Morgan fingerprint density at radius 3 is 1.87 bits per heavy atom. The van der Waals surface area contributed by atoms with E-state index in [-0.39, 0.29) is 0 Å². The Hall–Kier alpha value is -7.15. The lowest BCUT2D eigenvalue weighted by Crippen LogP contribution is -2.09. The molecule has 8 aromatic carbocycles. The average molecular weight is 725 g/mol. The van der Waals surface area contributed by atoms with Crippen LogP contribution < -0.4 is 4.90 Å². The molecule has 0 aliphatic carbocycles. The highest BCUT2D eigenvalue weighted by molar-refractivity contribution is 7.25. The van der Waals surface area contributed by atoms with Gasteiger partial charge in [-0.3, -0.25) is 0 Å². The van der Waals surface area contributed by atoms with E-state index in [0.717, 1.165) is 88.7 Å². The van der Waals surface area contributed by atoms with Gasteiger partial charge >= 0.3 is 0 Å². The third kappa shape index (κ3) is 4.68. The third-order valence-corrected chi connectivity index (χ3v) is 11.8. The predicted molar refractivity (Wildman–Crippen MR) is 227 cm³/mol. The van der Waals surface area contributed by atoms with Crippen molar-refractivity contribution in [2.75, 3.05) is 4.90 Å². The summed E-state index contributed by atoms with van der Waals surface area (Å²) in [6, 6.07) is 59.1. The first kappa shape index (κ1) is 30.3. The second-order valence-electron chi connectivity index (χ2n) is 13.9. The Balaban J connectivity index is 1.06. The van der Waals surface area contributed by atoms with Gasteiger partial charge in [0.2, 0.25) is 5.89 Å². The maximum atomic E-state index is 6.61. The molecule has 4 heterocycles. The largest absolute Gasteiger partial charge is 0.456 e. The van der Waals surface area contributed by atoms with Crippen molar-refractivity contribution in [2.45, 2.75) is 0 Å². The normalized spacial score (nSPS) is 12.0. The van der Waals surface area contributed by atoms with E-state index in [1.807, 2.05) is 72.0 Å². The molecule has 0 spiro atoms. The maximum absolute atomic E-state index is 6.61. The monoisotopic (exact) mass is 724 g/mol. The van der Waals surface area contributed by atoms with Crippen molar-refractivity contribution in [1.82, 2.24) is 4.98 Å². The van der Waals surface area contributed by atoms with Crippen molar-refractivity contribution >= 4 is 104 Å². The highest BCUT2D eigenvalue weighted by atomic mass is 32.1. The first-order valence-electron chi connectivity index (χ1n) is 18.3. The molecule has 12 rings (SSSR count). The number of thiophene rings is 1. The van der Waals surface area contributed by atoms with Gasteiger partial charge in [-0.05, 0) is 84.4 Å². The molecular weight excluding hydrogens is 697 g/mol. The van der Waals surface area contributed by atoms with Gasteiger partial charge in [0.05, 0.1) is 5.56 Å². The lowest BCUT2D eigenvalue weighted by Gasteiger charge is -2.26. The van der Waals surface area contributed by atoms with Crippen molar-refractivity contribution < 1.29 is 13.3 Å². The lowest BCUT2D eigenvalue weighted by molar-refractivity contribution is 0.620. The van der Waals surface area contributed by atoms with Crippen LogP contribution in [0.1, 0.15) is 0 Å². The smallest absolute Gasteiger partial charge is 0.227 e. The number of fused-ring (bicyclic) bond motifs is 10. The number of aromatic nitrogens is 1. The summed E-state index contributed by atoms with van der Waals surface area (Å²) in [6.45, 7) is 0. The number of hydrogen-bond acceptors (Lipinski definition) is 6. The molecule has 0 radical (unpaired) electrons. The van der Waals surface area contributed by atoms with Gasteiger partial charge in [0.1, 0.15) is 27.8 Å². The minimum absolute atomic E-state index is 0.579. The molecule has 0 aliphatic heterocycles. The molecular formula is C49H28N2O3S. The minimum atomic E-state index is 0.579. The van der Waals surface area contributed by atoms with Crippen molar-refractivity contribution in [3.63, 3.8) is 0 Å². The van der Waals surface area contributed by atoms with E-state index < -0.39 is 0 Å². The molecule has 0 saturated carbocycles. The van der Waals surface area contributed by atoms with E-state index >= 15 is 0 Å². The van der Waals surface area contributed by atoms with Crippen LogP contribution in [0.3, 0.4) is 0 Å². The fourth-order valence-corrected chi connectivity index (χ4v) is 9.28. The van der Waals surface area contributed by atoms with Gasteiger partial charge in [0, 0.05) is 64.3 Å². The van der Waals surface area contributed by atoms with Crippen LogP contribution in [0.25, 0.3) is 97.7 Å². The number of para-hydroxylation sites is 2. The Morgan fingerprint density at radius 2 is 1.04 bits per heavy atom. The first-order valence-corrected chi connectivity index (χ1v) is 19.1. The van der Waals surface area contributed by atoms with E-state index in [1.165, 1.54) is 20.2 Å². The van der Waals surface area contributed by atoms with Crippen LogP contribution in [-0.4, -0.2) is 4.98 Å². The van der Waals surface area contributed by atoms with Crippen LogP contribution in [0, 0.1) is 0 Å². The number of hydrogen-bond donors (Lipinski definition) is 0. The summed E-state index contributed by atoms with van der Waals surface area (Å²) >= 11 is 1.83. The summed E-state index contributed by atoms with van der Waals surface area (Å²) in [5.41, 5.74) is 10.8. The zero-order chi connectivity index (χ0) is 36.0. The fourth-order valence-electron chi connectivity index (χ4n) is 8.15. The van der Waals surface area contributed by atoms with E-state index in [4.69, 9.17) is 18.2 Å². The quantitative estimate of drug-likeness (QED) is 0.177. The van der Waals surface area contributed by atoms with Crippen LogP contribution >= 0.6 is 11.3 Å². The molecule has 258 valence electrons.